The number of anilines is 1. The van der Waals surface area contributed by atoms with Crippen LogP contribution in [-0.4, -0.2) is 80.1 Å². The molecule has 2 aliphatic rings. The van der Waals surface area contributed by atoms with Gasteiger partial charge in [-0.25, -0.2) is 0 Å². The molecule has 0 bridgehead atoms. The number of ether oxygens (including phenoxy) is 3. The molecule has 1 aromatic rings. The number of nitrogens with zero attached hydrogens (tertiary/aromatic N) is 1. The van der Waals surface area contributed by atoms with Crippen LogP contribution in [-0.2, 0) is 28.6 Å². The van der Waals surface area contributed by atoms with Crippen LogP contribution >= 0.6 is 0 Å². The lowest BCUT2D eigenvalue weighted by atomic mass is 10.0. The van der Waals surface area contributed by atoms with Gasteiger partial charge in [-0.05, 0) is 37.8 Å². The molecule has 2 N–H and O–H groups in total. The number of benzene rings is 1. The van der Waals surface area contributed by atoms with E-state index in [1.165, 1.54) is 102 Å². The number of carbonyl (C=O) groups excluding carboxylic acids is 5. The summed E-state index contributed by atoms with van der Waals surface area (Å²) in [6.45, 7) is 5.87. The van der Waals surface area contributed by atoms with Gasteiger partial charge in [-0.2, -0.15) is 0 Å². The molecule has 0 aliphatic carbocycles. The normalized spacial score (nSPS) is 15.7. The molecule has 11 nitrogen and oxygen atoms in total. The van der Waals surface area contributed by atoms with Crippen LogP contribution < -0.4 is 10.6 Å². The van der Waals surface area contributed by atoms with E-state index in [2.05, 4.69) is 17.6 Å². The Labute approximate surface area is 311 Å². The molecule has 0 radical (unpaired) electrons. The molecule has 1 aromatic carbocycles. The molecular weight excluding hydrogens is 662 g/mol. The lowest BCUT2D eigenvalue weighted by Gasteiger charge is -2.27. The van der Waals surface area contributed by atoms with Crippen molar-refractivity contribution in [2.24, 2.45) is 0 Å². The Morgan fingerprint density at radius 3 is 1.71 bits per heavy atom. The molecule has 0 saturated carbocycles. The third-order valence-corrected chi connectivity index (χ3v) is 9.82. The predicted molar refractivity (Wildman–Crippen MR) is 202 cm³/mol. The number of carbonyl (C=O) groups is 5. The number of hydrogen-bond donors (Lipinski definition) is 2. The van der Waals surface area contributed by atoms with Crippen LogP contribution in [0.25, 0.3) is 0 Å². The Morgan fingerprint density at radius 2 is 1.17 bits per heavy atom. The fourth-order valence-corrected chi connectivity index (χ4v) is 6.79. The molecule has 1 fully saturated rings. The molecule has 1 unspecified atom stereocenters. The van der Waals surface area contributed by atoms with Crippen molar-refractivity contribution in [3.63, 3.8) is 0 Å². The largest absolute Gasteiger partial charge is 0.379 e. The van der Waals surface area contributed by atoms with Gasteiger partial charge >= 0.3 is 0 Å². The summed E-state index contributed by atoms with van der Waals surface area (Å²) < 4.78 is 16.9. The first-order chi connectivity index (χ1) is 25.4. The smallest absolute Gasteiger partial charge is 0.264 e. The Bertz CT molecular complexity index is 1240. The highest BCUT2D eigenvalue weighted by molar-refractivity contribution is 6.26. The first-order valence-electron chi connectivity index (χ1n) is 20.3. The number of imide groups is 2. The van der Waals surface area contributed by atoms with Gasteiger partial charge in [-0.3, -0.25) is 34.2 Å². The van der Waals surface area contributed by atoms with Crippen molar-refractivity contribution >= 4 is 35.2 Å². The monoisotopic (exact) mass is 727 g/mol. The quantitative estimate of drug-likeness (QED) is 0.0581. The highest BCUT2D eigenvalue weighted by Gasteiger charge is 2.45. The summed E-state index contributed by atoms with van der Waals surface area (Å²) in [5.41, 5.74) is 0.444. The van der Waals surface area contributed by atoms with Crippen LogP contribution in [0.2, 0.25) is 0 Å². The predicted octanol–water partition coefficient (Wildman–Crippen LogP) is 7.90. The summed E-state index contributed by atoms with van der Waals surface area (Å²) in [5, 5.41) is 4.94. The van der Waals surface area contributed by atoms with Crippen molar-refractivity contribution in [3.05, 3.63) is 29.3 Å². The molecule has 292 valence electrons. The average molecular weight is 728 g/mol. The van der Waals surface area contributed by atoms with E-state index in [9.17, 15) is 24.0 Å². The number of nitrogens with one attached hydrogen (secondary N) is 2. The molecule has 0 aromatic heterocycles. The molecule has 2 heterocycles. The summed E-state index contributed by atoms with van der Waals surface area (Å²) in [7, 11) is 0. The number of hydrogen-bond acceptors (Lipinski definition) is 8. The minimum Gasteiger partial charge on any atom is -0.379 e. The van der Waals surface area contributed by atoms with Crippen molar-refractivity contribution in [1.29, 1.82) is 0 Å². The van der Waals surface area contributed by atoms with Gasteiger partial charge in [-0.15, -0.1) is 0 Å². The maximum atomic E-state index is 13.2. The SMILES string of the molecule is CCCCCCCCCCCCCCCCCCOCCOCCOCCCCCC(=O)Nc1cccc2c1C(=O)N(C1CCC(=O)NC1=O)C2=O. The molecule has 3 rings (SSSR count). The fraction of sp³-hybridized carbons (Fsp3) is 0.732. The second kappa shape index (κ2) is 26.6. The maximum absolute atomic E-state index is 13.2. The Kier molecular flexibility index (Phi) is 22.1. The van der Waals surface area contributed by atoms with Gasteiger partial charge in [0.05, 0.1) is 43.2 Å². The zero-order valence-electron chi connectivity index (χ0n) is 31.8. The summed E-state index contributed by atoms with van der Waals surface area (Å²) in [4.78, 5) is 63.5. The fourth-order valence-electron chi connectivity index (χ4n) is 6.79. The van der Waals surface area contributed by atoms with Crippen molar-refractivity contribution in [2.75, 3.05) is 45.0 Å². The summed E-state index contributed by atoms with van der Waals surface area (Å²) in [5.74, 6) is -2.62. The highest BCUT2D eigenvalue weighted by Crippen LogP contribution is 2.32. The van der Waals surface area contributed by atoms with E-state index >= 15 is 0 Å². The Hall–Kier alpha value is -3.15. The van der Waals surface area contributed by atoms with Crippen LogP contribution in [0.1, 0.15) is 169 Å². The minimum atomic E-state index is -1.06. The van der Waals surface area contributed by atoms with E-state index in [0.717, 1.165) is 30.8 Å². The average Bonchev–Trinajstić information content (AvgIpc) is 3.38. The molecule has 0 spiro atoms. The van der Waals surface area contributed by atoms with Gasteiger partial charge in [0.1, 0.15) is 6.04 Å². The lowest BCUT2D eigenvalue weighted by Crippen LogP contribution is -2.54. The van der Waals surface area contributed by atoms with Gasteiger partial charge in [0.15, 0.2) is 0 Å². The van der Waals surface area contributed by atoms with E-state index in [-0.39, 0.29) is 42.0 Å². The van der Waals surface area contributed by atoms with Gasteiger partial charge in [0.2, 0.25) is 17.7 Å². The minimum absolute atomic E-state index is 0.0430. The molecule has 52 heavy (non-hydrogen) atoms. The zero-order valence-corrected chi connectivity index (χ0v) is 31.8. The summed E-state index contributed by atoms with van der Waals surface area (Å²) in [6.07, 6.45) is 24.5. The van der Waals surface area contributed by atoms with Crippen molar-refractivity contribution in [2.45, 2.75) is 154 Å². The van der Waals surface area contributed by atoms with E-state index in [1.807, 2.05) is 0 Å². The second-order valence-electron chi connectivity index (χ2n) is 14.2. The number of fused-ring (bicyclic) bond motifs is 1. The number of unbranched alkanes of at least 4 members (excludes halogenated alkanes) is 17. The van der Waals surface area contributed by atoms with Crippen LogP contribution in [0.3, 0.4) is 0 Å². The van der Waals surface area contributed by atoms with Crippen LogP contribution in [0.5, 0.6) is 0 Å². The van der Waals surface area contributed by atoms with Crippen molar-refractivity contribution in [1.82, 2.24) is 10.2 Å². The van der Waals surface area contributed by atoms with E-state index in [4.69, 9.17) is 14.2 Å². The van der Waals surface area contributed by atoms with Crippen molar-refractivity contribution in [3.8, 4) is 0 Å². The van der Waals surface area contributed by atoms with Gasteiger partial charge in [-0.1, -0.05) is 116 Å². The molecule has 1 saturated heterocycles. The standard InChI is InChI=1S/C41H65N3O8/c1-2-3-4-5-6-7-8-9-10-11-12-13-14-15-16-19-27-50-29-31-52-32-30-51-28-20-17-18-24-36(45)42-34-23-21-22-33-38(34)41(49)44(40(33)48)35-25-26-37(46)43-39(35)47/h21-23,35H,2-20,24-32H2,1H3,(H,42,45)(H,43,46,47). The van der Waals surface area contributed by atoms with Crippen LogP contribution in [0, 0.1) is 0 Å². The summed E-state index contributed by atoms with van der Waals surface area (Å²) >= 11 is 0. The van der Waals surface area contributed by atoms with Crippen LogP contribution in [0.4, 0.5) is 5.69 Å². The molecular formula is C41H65N3O8. The van der Waals surface area contributed by atoms with Crippen molar-refractivity contribution < 1.29 is 38.2 Å². The lowest BCUT2D eigenvalue weighted by molar-refractivity contribution is -0.136. The third-order valence-electron chi connectivity index (χ3n) is 9.82. The molecule has 2 aliphatic heterocycles. The number of rotatable bonds is 31. The van der Waals surface area contributed by atoms with Gasteiger partial charge < -0.3 is 19.5 Å². The Morgan fingerprint density at radius 1 is 0.673 bits per heavy atom. The van der Waals surface area contributed by atoms with Gasteiger partial charge in [0, 0.05) is 26.1 Å². The first kappa shape index (κ1) is 43.3. The summed E-state index contributed by atoms with van der Waals surface area (Å²) in [6, 6.07) is 3.60. The van der Waals surface area contributed by atoms with E-state index < -0.39 is 29.7 Å². The zero-order chi connectivity index (χ0) is 37.2. The molecule has 5 amide bonds. The topological polar surface area (TPSA) is 140 Å². The highest BCUT2D eigenvalue weighted by atomic mass is 16.5. The van der Waals surface area contributed by atoms with Gasteiger partial charge in [0.25, 0.3) is 11.8 Å². The third kappa shape index (κ3) is 16.3. The van der Waals surface area contributed by atoms with E-state index in [1.54, 1.807) is 12.1 Å². The van der Waals surface area contributed by atoms with Crippen LogP contribution in [0.15, 0.2) is 18.2 Å². The number of piperidine rings is 1. The second-order valence-corrected chi connectivity index (χ2v) is 14.2. The first-order valence-corrected chi connectivity index (χ1v) is 20.3. The molecule has 11 heteroatoms. The maximum Gasteiger partial charge on any atom is 0.264 e. The van der Waals surface area contributed by atoms with E-state index in [0.29, 0.717) is 39.5 Å². The molecule has 1 atom stereocenters. The number of amides is 5. The Balaban J connectivity index is 1.08.